The number of carbonyl (C=O) groups excluding carboxylic acids is 1. The van der Waals surface area contributed by atoms with Crippen LogP contribution in [0, 0.1) is 5.92 Å². The number of hydrogen-bond donors (Lipinski definition) is 0. The topological polar surface area (TPSA) is 35.5 Å². The van der Waals surface area contributed by atoms with Crippen molar-refractivity contribution in [3.8, 4) is 0 Å². The van der Waals surface area contributed by atoms with Crippen LogP contribution in [-0.4, -0.2) is 25.2 Å². The zero-order valence-corrected chi connectivity index (χ0v) is 7.68. The Kier molecular flexibility index (Phi) is 4.40. The van der Waals surface area contributed by atoms with Crippen LogP contribution in [0.4, 0.5) is 4.79 Å². The Labute approximate surface area is 77.0 Å². The lowest BCUT2D eigenvalue weighted by Gasteiger charge is -2.21. The molecule has 0 aromatic heterocycles. The fourth-order valence-electron chi connectivity index (χ4n) is 1.34. The number of hydrogen-bond acceptors (Lipinski definition) is 3. The Morgan fingerprint density at radius 1 is 1.50 bits per heavy atom. The lowest BCUT2D eigenvalue weighted by atomic mass is 9.97. The molecular formula is C8H13ClO3. The van der Waals surface area contributed by atoms with Crippen LogP contribution in [0.3, 0.4) is 0 Å². The van der Waals surface area contributed by atoms with Crippen molar-refractivity contribution >= 4 is 17.0 Å². The molecule has 1 fully saturated rings. The average molecular weight is 193 g/mol. The largest absolute Gasteiger partial charge is 0.454 e. The molecule has 1 rings (SSSR count). The molecule has 3 nitrogen and oxygen atoms in total. The normalized spacial score (nSPS) is 19.1. The molecule has 4 heteroatoms. The minimum absolute atomic E-state index is 0.438. The molecule has 12 heavy (non-hydrogen) atoms. The number of rotatable bonds is 3. The summed E-state index contributed by atoms with van der Waals surface area (Å²) in [4.78, 5) is 10.2. The molecule has 0 atom stereocenters. The molecule has 1 aliphatic rings. The van der Waals surface area contributed by atoms with Crippen molar-refractivity contribution in [2.75, 3.05) is 19.8 Å². The average Bonchev–Trinajstić information content (AvgIpc) is 2.05. The van der Waals surface area contributed by atoms with Gasteiger partial charge in [0.1, 0.15) is 0 Å². The first-order valence-corrected chi connectivity index (χ1v) is 4.57. The first-order chi connectivity index (χ1) is 5.79. The van der Waals surface area contributed by atoms with E-state index in [9.17, 15) is 4.79 Å². The van der Waals surface area contributed by atoms with Crippen molar-refractivity contribution in [1.29, 1.82) is 0 Å². The first kappa shape index (κ1) is 9.81. The zero-order valence-electron chi connectivity index (χ0n) is 6.92. The van der Waals surface area contributed by atoms with E-state index < -0.39 is 5.43 Å². The highest BCUT2D eigenvalue weighted by molar-refractivity contribution is 6.61. The molecule has 70 valence electrons. The van der Waals surface area contributed by atoms with Gasteiger partial charge in [-0.3, -0.25) is 0 Å². The van der Waals surface area contributed by atoms with Crippen LogP contribution in [-0.2, 0) is 9.47 Å². The molecule has 0 bridgehead atoms. The van der Waals surface area contributed by atoms with E-state index in [0.717, 1.165) is 32.5 Å². The van der Waals surface area contributed by atoms with Gasteiger partial charge in [-0.2, -0.15) is 0 Å². The monoisotopic (exact) mass is 192 g/mol. The van der Waals surface area contributed by atoms with Crippen molar-refractivity contribution in [1.82, 2.24) is 0 Å². The SMILES string of the molecule is O=C(Cl)OCCC1CCOCC1. The third-order valence-corrected chi connectivity index (χ3v) is 2.19. The molecule has 0 saturated carbocycles. The summed E-state index contributed by atoms with van der Waals surface area (Å²) in [7, 11) is 0. The number of ether oxygens (including phenoxy) is 2. The summed E-state index contributed by atoms with van der Waals surface area (Å²) in [5, 5.41) is 0. The summed E-state index contributed by atoms with van der Waals surface area (Å²) < 4.78 is 9.82. The van der Waals surface area contributed by atoms with Gasteiger partial charge in [-0.25, -0.2) is 4.79 Å². The minimum Gasteiger partial charge on any atom is -0.454 e. The fourth-order valence-corrected chi connectivity index (χ4v) is 1.42. The molecular weight excluding hydrogens is 180 g/mol. The molecule has 0 aliphatic carbocycles. The molecule has 0 spiro atoms. The third kappa shape index (κ3) is 3.93. The Morgan fingerprint density at radius 3 is 2.75 bits per heavy atom. The quantitative estimate of drug-likeness (QED) is 0.643. The first-order valence-electron chi connectivity index (χ1n) is 4.19. The Morgan fingerprint density at radius 2 is 2.17 bits per heavy atom. The summed E-state index contributed by atoms with van der Waals surface area (Å²) in [6.45, 7) is 2.10. The predicted octanol–water partition coefficient (Wildman–Crippen LogP) is 2.18. The second-order valence-corrected chi connectivity index (χ2v) is 3.24. The van der Waals surface area contributed by atoms with Gasteiger partial charge in [-0.05, 0) is 25.2 Å². The summed E-state index contributed by atoms with van der Waals surface area (Å²) in [5.41, 5.74) is -0.706. The molecule has 0 unspecified atom stereocenters. The van der Waals surface area contributed by atoms with Crippen molar-refractivity contribution in [3.63, 3.8) is 0 Å². The van der Waals surface area contributed by atoms with Crippen LogP contribution in [0.25, 0.3) is 0 Å². The van der Waals surface area contributed by atoms with E-state index in [4.69, 9.17) is 16.3 Å². The van der Waals surface area contributed by atoms with Crippen LogP contribution in [0.1, 0.15) is 19.3 Å². The second kappa shape index (κ2) is 5.38. The van der Waals surface area contributed by atoms with Crippen molar-refractivity contribution in [2.45, 2.75) is 19.3 Å². The lowest BCUT2D eigenvalue weighted by Crippen LogP contribution is -2.17. The standard InChI is InChI=1S/C8H13ClO3/c9-8(10)12-6-3-7-1-4-11-5-2-7/h7H,1-6H2. The molecule has 0 aromatic rings. The van der Waals surface area contributed by atoms with Gasteiger partial charge in [0.05, 0.1) is 6.61 Å². The van der Waals surface area contributed by atoms with Gasteiger partial charge < -0.3 is 9.47 Å². The molecule has 1 saturated heterocycles. The van der Waals surface area contributed by atoms with Crippen LogP contribution in [0.2, 0.25) is 0 Å². The second-order valence-electron chi connectivity index (χ2n) is 2.93. The highest BCUT2D eigenvalue weighted by Crippen LogP contribution is 2.18. The predicted molar refractivity (Wildman–Crippen MR) is 45.4 cm³/mol. The van der Waals surface area contributed by atoms with Gasteiger partial charge >= 0.3 is 5.43 Å². The maximum Gasteiger partial charge on any atom is 0.403 e. The smallest absolute Gasteiger partial charge is 0.403 e. The van der Waals surface area contributed by atoms with Crippen molar-refractivity contribution in [3.05, 3.63) is 0 Å². The maximum atomic E-state index is 10.2. The van der Waals surface area contributed by atoms with Crippen molar-refractivity contribution in [2.24, 2.45) is 5.92 Å². The molecule has 0 N–H and O–H groups in total. The van der Waals surface area contributed by atoms with Gasteiger partial charge in [0.2, 0.25) is 0 Å². The highest BCUT2D eigenvalue weighted by atomic mass is 35.5. The van der Waals surface area contributed by atoms with E-state index in [1.165, 1.54) is 0 Å². The van der Waals surface area contributed by atoms with E-state index >= 15 is 0 Å². The zero-order chi connectivity index (χ0) is 8.81. The van der Waals surface area contributed by atoms with Gasteiger partial charge in [0.25, 0.3) is 0 Å². The molecule has 1 heterocycles. The van der Waals surface area contributed by atoms with Gasteiger partial charge in [0.15, 0.2) is 0 Å². The highest BCUT2D eigenvalue weighted by Gasteiger charge is 2.13. The van der Waals surface area contributed by atoms with E-state index in [1.54, 1.807) is 0 Å². The lowest BCUT2D eigenvalue weighted by molar-refractivity contribution is 0.0569. The Balaban J connectivity index is 2.01. The number of halogens is 1. The molecule has 0 amide bonds. The van der Waals surface area contributed by atoms with Gasteiger partial charge in [0, 0.05) is 24.8 Å². The summed E-state index contributed by atoms with van der Waals surface area (Å²) in [6.07, 6.45) is 3.04. The van der Waals surface area contributed by atoms with Crippen LogP contribution >= 0.6 is 11.6 Å². The minimum atomic E-state index is -0.706. The Bertz CT molecular complexity index is 143. The third-order valence-electron chi connectivity index (χ3n) is 2.08. The van der Waals surface area contributed by atoms with E-state index in [0.29, 0.717) is 12.5 Å². The molecule has 0 radical (unpaired) electrons. The fraction of sp³-hybridized carbons (Fsp3) is 0.875. The van der Waals surface area contributed by atoms with Crippen LogP contribution in [0.5, 0.6) is 0 Å². The summed E-state index contributed by atoms with van der Waals surface area (Å²) in [5.74, 6) is 0.634. The van der Waals surface area contributed by atoms with E-state index in [2.05, 4.69) is 4.74 Å². The van der Waals surface area contributed by atoms with Gasteiger partial charge in [-0.1, -0.05) is 0 Å². The van der Waals surface area contributed by atoms with E-state index in [-0.39, 0.29) is 0 Å². The van der Waals surface area contributed by atoms with Crippen LogP contribution in [0.15, 0.2) is 0 Å². The van der Waals surface area contributed by atoms with Crippen molar-refractivity contribution < 1.29 is 14.3 Å². The number of carbonyl (C=O) groups is 1. The molecule has 1 aliphatic heterocycles. The maximum absolute atomic E-state index is 10.2. The van der Waals surface area contributed by atoms with E-state index in [1.807, 2.05) is 0 Å². The molecule has 0 aromatic carbocycles. The van der Waals surface area contributed by atoms with Gasteiger partial charge in [-0.15, -0.1) is 0 Å². The van der Waals surface area contributed by atoms with Crippen LogP contribution < -0.4 is 0 Å². The Hall–Kier alpha value is -0.280. The summed E-state index contributed by atoms with van der Waals surface area (Å²) >= 11 is 5.01. The summed E-state index contributed by atoms with van der Waals surface area (Å²) in [6, 6.07) is 0.